The van der Waals surface area contributed by atoms with E-state index in [1.54, 1.807) is 0 Å². The maximum Gasteiger partial charge on any atom is 0.472 e. The van der Waals surface area contributed by atoms with Crippen LogP contribution in [0.25, 0.3) is 0 Å². The zero-order valence-electron chi connectivity index (χ0n) is 61.1. The third-order valence-electron chi connectivity index (χ3n) is 16.5. The summed E-state index contributed by atoms with van der Waals surface area (Å²) in [4.78, 5) is 72.8. The molecule has 0 radical (unpaired) electrons. The van der Waals surface area contributed by atoms with E-state index in [-0.39, 0.29) is 25.7 Å². The fraction of sp³-hybridized carbons (Fsp3) is 0.818. The zero-order chi connectivity index (χ0) is 70.4. The number of hydrogen-bond acceptors (Lipinski definition) is 15. The number of hydrogen-bond donors (Lipinski definition) is 3. The smallest absolute Gasteiger partial charge is 0.462 e. The topological polar surface area (TPSA) is 237 Å². The molecule has 0 bridgehead atoms. The number of phosphoric acid groups is 2. The number of esters is 4. The van der Waals surface area contributed by atoms with Crippen LogP contribution in [0.4, 0.5) is 0 Å². The summed E-state index contributed by atoms with van der Waals surface area (Å²) < 4.78 is 68.4. The molecule has 560 valence electrons. The summed E-state index contributed by atoms with van der Waals surface area (Å²) in [6.07, 6.45) is 67.8. The average molecular weight is 1400 g/mol. The molecule has 96 heavy (non-hydrogen) atoms. The molecule has 17 nitrogen and oxygen atoms in total. The molecule has 0 aliphatic carbocycles. The Labute approximate surface area is 584 Å². The zero-order valence-corrected chi connectivity index (χ0v) is 62.8. The van der Waals surface area contributed by atoms with Gasteiger partial charge in [0.15, 0.2) is 12.2 Å². The normalized spacial score (nSPS) is 14.3. The van der Waals surface area contributed by atoms with Crippen molar-refractivity contribution in [2.24, 2.45) is 0 Å². The van der Waals surface area contributed by atoms with E-state index >= 15 is 0 Å². The van der Waals surface area contributed by atoms with Gasteiger partial charge in [-0.2, -0.15) is 0 Å². The molecular formula is C77H140O17P2. The first-order valence-electron chi connectivity index (χ1n) is 38.5. The van der Waals surface area contributed by atoms with Crippen LogP contribution in [-0.2, 0) is 65.4 Å². The summed E-state index contributed by atoms with van der Waals surface area (Å²) in [5, 5.41) is 10.6. The van der Waals surface area contributed by atoms with E-state index in [0.717, 1.165) is 154 Å². The largest absolute Gasteiger partial charge is 0.472 e. The van der Waals surface area contributed by atoms with Gasteiger partial charge in [0.25, 0.3) is 0 Å². The molecule has 3 N–H and O–H groups in total. The lowest BCUT2D eigenvalue weighted by Crippen LogP contribution is -2.30. The molecule has 0 saturated heterocycles. The van der Waals surface area contributed by atoms with Crippen molar-refractivity contribution in [3.8, 4) is 0 Å². The molecule has 0 aliphatic heterocycles. The van der Waals surface area contributed by atoms with Gasteiger partial charge in [-0.3, -0.25) is 37.3 Å². The number of aliphatic hydroxyl groups is 1. The van der Waals surface area contributed by atoms with Gasteiger partial charge in [0.1, 0.15) is 19.3 Å². The summed E-state index contributed by atoms with van der Waals surface area (Å²) in [6, 6.07) is 0. The van der Waals surface area contributed by atoms with Gasteiger partial charge < -0.3 is 33.8 Å². The van der Waals surface area contributed by atoms with E-state index in [4.69, 9.17) is 37.0 Å². The maximum atomic E-state index is 13.1. The molecule has 19 heteroatoms. The van der Waals surface area contributed by atoms with Gasteiger partial charge >= 0.3 is 39.5 Å². The van der Waals surface area contributed by atoms with E-state index in [9.17, 15) is 43.2 Å². The standard InChI is InChI=1S/C77H140O17P2/c1-5-9-13-17-21-25-29-32-35-38-42-45-49-53-57-61-74(79)87-67-72(93-76(81)63-59-55-51-47-41-28-24-20-16-12-8-4)69-91-95(83,84)89-65-71(78)66-90-96(85,86)92-70-73(94-77(82)64-60-56-52-48-44-40-37-34-31-27-23-19-15-11-7-3)68-88-75(80)62-58-54-50-46-43-39-36-33-30-26-22-18-14-10-6-2/h22-23,26-27,32-37,71-73,78H,5-21,24-25,28-31,38-70H2,1-4H3,(H,83,84)(H,85,86)/b26-22-,27-23-,35-32-,36-33-,37-34-. The molecule has 0 aromatic rings. The van der Waals surface area contributed by atoms with Gasteiger partial charge in [0.2, 0.25) is 0 Å². The Morgan fingerprint density at radius 1 is 0.292 bits per heavy atom. The highest BCUT2D eigenvalue weighted by atomic mass is 31.2. The van der Waals surface area contributed by atoms with Gasteiger partial charge in [-0.25, -0.2) is 9.13 Å². The fourth-order valence-corrected chi connectivity index (χ4v) is 12.1. The summed E-state index contributed by atoms with van der Waals surface area (Å²) in [6.45, 7) is 4.82. The third-order valence-corrected chi connectivity index (χ3v) is 18.4. The van der Waals surface area contributed by atoms with Crippen LogP contribution in [0.5, 0.6) is 0 Å². The fourth-order valence-electron chi connectivity index (χ4n) is 10.5. The van der Waals surface area contributed by atoms with Crippen molar-refractivity contribution >= 4 is 39.5 Å². The van der Waals surface area contributed by atoms with Crippen LogP contribution in [0.15, 0.2) is 60.8 Å². The van der Waals surface area contributed by atoms with Gasteiger partial charge in [-0.05, 0) is 116 Å². The average Bonchev–Trinajstić information content (AvgIpc) is 1.09. The van der Waals surface area contributed by atoms with E-state index < -0.39 is 97.5 Å². The molecule has 0 aliphatic rings. The Morgan fingerprint density at radius 3 is 0.802 bits per heavy atom. The Hall–Kier alpha value is -3.24. The SMILES string of the molecule is CCCCC/C=C\C/C=C\CCCCCCCC(=O)OCC(COP(=O)(O)OCC(O)COP(=O)(O)OCC(COC(=O)CCCCCCC/C=C\CCCCCCCC)OC(=O)CCCCCCCCCCCCC)OC(=O)CCCCCCC/C=C\C/C=C\CCCCC. The number of phosphoric ester groups is 2. The minimum Gasteiger partial charge on any atom is -0.462 e. The number of rotatable bonds is 73. The number of ether oxygens (including phenoxy) is 4. The number of carbonyl (C=O) groups is 4. The van der Waals surface area contributed by atoms with Crippen LogP contribution in [-0.4, -0.2) is 96.7 Å². The van der Waals surface area contributed by atoms with Crippen molar-refractivity contribution in [1.82, 2.24) is 0 Å². The molecule has 0 aromatic carbocycles. The summed E-state index contributed by atoms with van der Waals surface area (Å²) in [5.41, 5.74) is 0. The first-order chi connectivity index (χ1) is 46.7. The monoisotopic (exact) mass is 1400 g/mol. The summed E-state index contributed by atoms with van der Waals surface area (Å²) >= 11 is 0. The van der Waals surface area contributed by atoms with E-state index in [2.05, 4.69) is 88.5 Å². The van der Waals surface area contributed by atoms with E-state index in [1.165, 1.54) is 116 Å². The van der Waals surface area contributed by atoms with Crippen molar-refractivity contribution in [2.75, 3.05) is 39.6 Å². The number of allylic oxidation sites excluding steroid dienone is 10. The molecule has 0 rings (SSSR count). The van der Waals surface area contributed by atoms with Gasteiger partial charge in [0.05, 0.1) is 26.4 Å². The number of unbranched alkanes of at least 4 members (excludes halogenated alkanes) is 37. The van der Waals surface area contributed by atoms with Gasteiger partial charge in [-0.15, -0.1) is 0 Å². The lowest BCUT2D eigenvalue weighted by Gasteiger charge is -2.21. The Balaban J connectivity index is 5.33. The second-order valence-electron chi connectivity index (χ2n) is 25.9. The van der Waals surface area contributed by atoms with Crippen molar-refractivity contribution in [2.45, 2.75) is 367 Å². The predicted molar refractivity (Wildman–Crippen MR) is 390 cm³/mol. The van der Waals surface area contributed by atoms with Gasteiger partial charge in [0, 0.05) is 25.7 Å². The van der Waals surface area contributed by atoms with Crippen molar-refractivity contribution in [1.29, 1.82) is 0 Å². The second kappa shape index (κ2) is 70.2. The number of carbonyl (C=O) groups excluding carboxylic acids is 4. The van der Waals surface area contributed by atoms with Crippen LogP contribution in [0.2, 0.25) is 0 Å². The highest BCUT2D eigenvalue weighted by Crippen LogP contribution is 2.45. The second-order valence-corrected chi connectivity index (χ2v) is 28.9. The molecule has 0 aromatic heterocycles. The van der Waals surface area contributed by atoms with Crippen LogP contribution in [0.1, 0.15) is 349 Å². The molecule has 0 saturated carbocycles. The first kappa shape index (κ1) is 92.8. The minimum atomic E-state index is -4.97. The first-order valence-corrected chi connectivity index (χ1v) is 41.5. The Kier molecular flexibility index (Phi) is 67.8. The van der Waals surface area contributed by atoms with Crippen LogP contribution >= 0.6 is 15.6 Å². The molecule has 0 fully saturated rings. The van der Waals surface area contributed by atoms with Crippen molar-refractivity contribution in [3.05, 3.63) is 60.8 Å². The highest BCUT2D eigenvalue weighted by molar-refractivity contribution is 7.47. The Morgan fingerprint density at radius 2 is 0.510 bits per heavy atom. The third kappa shape index (κ3) is 69.2. The quantitative estimate of drug-likeness (QED) is 0.0169. The Bertz CT molecular complexity index is 2060. The van der Waals surface area contributed by atoms with Crippen molar-refractivity contribution in [3.63, 3.8) is 0 Å². The molecule has 5 unspecified atom stereocenters. The summed E-state index contributed by atoms with van der Waals surface area (Å²) in [7, 11) is -9.94. The number of aliphatic hydroxyl groups excluding tert-OH is 1. The predicted octanol–water partition coefficient (Wildman–Crippen LogP) is 21.9. The maximum absolute atomic E-state index is 13.1. The van der Waals surface area contributed by atoms with E-state index in [0.29, 0.717) is 25.7 Å². The molecule has 0 heterocycles. The highest BCUT2D eigenvalue weighted by Gasteiger charge is 2.30. The van der Waals surface area contributed by atoms with Crippen LogP contribution in [0.3, 0.4) is 0 Å². The van der Waals surface area contributed by atoms with E-state index in [1.807, 2.05) is 0 Å². The molecule has 5 atom stereocenters. The lowest BCUT2D eigenvalue weighted by molar-refractivity contribution is -0.161. The summed E-state index contributed by atoms with van der Waals surface area (Å²) in [5.74, 6) is -2.19. The minimum absolute atomic E-state index is 0.0792. The molecular weight excluding hydrogens is 1260 g/mol. The lowest BCUT2D eigenvalue weighted by atomic mass is 10.1. The molecule has 0 amide bonds. The van der Waals surface area contributed by atoms with Gasteiger partial charge in [-0.1, -0.05) is 268 Å². The van der Waals surface area contributed by atoms with Crippen molar-refractivity contribution < 1.29 is 80.2 Å². The molecule has 0 spiro atoms. The van der Waals surface area contributed by atoms with Crippen LogP contribution < -0.4 is 0 Å². The van der Waals surface area contributed by atoms with Crippen LogP contribution in [0, 0.1) is 0 Å².